The first-order valence-corrected chi connectivity index (χ1v) is 6.81. The van der Waals surface area contributed by atoms with Crippen LogP contribution in [0.25, 0.3) is 11.5 Å². The molecule has 0 saturated carbocycles. The van der Waals surface area contributed by atoms with Crippen molar-refractivity contribution in [1.82, 2.24) is 20.4 Å². The lowest BCUT2D eigenvalue weighted by atomic mass is 10.0. The second kappa shape index (κ2) is 5.09. The molecule has 0 radical (unpaired) electrons. The minimum Gasteiger partial charge on any atom is -0.337 e. The molecule has 1 saturated heterocycles. The van der Waals surface area contributed by atoms with Crippen LogP contribution in [0.1, 0.15) is 37.8 Å². The fourth-order valence-corrected chi connectivity index (χ4v) is 2.55. The first-order valence-electron chi connectivity index (χ1n) is 6.81. The summed E-state index contributed by atoms with van der Waals surface area (Å²) < 4.78 is 5.41. The van der Waals surface area contributed by atoms with E-state index in [9.17, 15) is 0 Å². The molecule has 5 nitrogen and oxygen atoms in total. The van der Waals surface area contributed by atoms with Crippen molar-refractivity contribution in [3.05, 3.63) is 29.8 Å². The van der Waals surface area contributed by atoms with Crippen LogP contribution in [-0.2, 0) is 6.42 Å². The van der Waals surface area contributed by atoms with Crippen molar-refractivity contribution in [3.8, 4) is 11.5 Å². The highest BCUT2D eigenvalue weighted by Gasteiger charge is 2.29. The van der Waals surface area contributed by atoms with Crippen LogP contribution >= 0.6 is 0 Å². The Bertz CT molecular complexity index is 566. The number of aryl methyl sites for hydroxylation is 1. The van der Waals surface area contributed by atoms with Gasteiger partial charge in [0.2, 0.25) is 11.7 Å². The number of nitrogens with one attached hydrogen (secondary N) is 1. The van der Waals surface area contributed by atoms with Crippen LogP contribution in [0.2, 0.25) is 0 Å². The highest BCUT2D eigenvalue weighted by atomic mass is 16.5. The zero-order valence-corrected chi connectivity index (χ0v) is 11.3. The second-order valence-corrected chi connectivity index (χ2v) is 5.02. The lowest BCUT2D eigenvalue weighted by Crippen LogP contribution is -2.16. The van der Waals surface area contributed by atoms with E-state index in [1.807, 2.05) is 6.07 Å². The van der Waals surface area contributed by atoms with Gasteiger partial charge in [-0.15, -0.1) is 0 Å². The summed E-state index contributed by atoms with van der Waals surface area (Å²) in [6.45, 7) is 5.31. The molecule has 2 aromatic rings. The van der Waals surface area contributed by atoms with Crippen molar-refractivity contribution >= 4 is 0 Å². The van der Waals surface area contributed by atoms with Crippen LogP contribution in [-0.4, -0.2) is 21.7 Å². The molecule has 3 heterocycles. The molecule has 2 unspecified atom stereocenters. The van der Waals surface area contributed by atoms with Crippen LogP contribution in [0, 0.1) is 5.92 Å². The monoisotopic (exact) mass is 258 g/mol. The Morgan fingerprint density at radius 2 is 2.37 bits per heavy atom. The number of nitrogens with zero attached hydrogens (tertiary/aromatic N) is 3. The van der Waals surface area contributed by atoms with Gasteiger partial charge in [-0.05, 0) is 36.9 Å². The Labute approximate surface area is 112 Å². The molecule has 2 aromatic heterocycles. The van der Waals surface area contributed by atoms with Gasteiger partial charge in [0.25, 0.3) is 0 Å². The van der Waals surface area contributed by atoms with Gasteiger partial charge in [-0.2, -0.15) is 4.98 Å². The van der Waals surface area contributed by atoms with Gasteiger partial charge in [-0.1, -0.05) is 25.1 Å². The molecule has 0 aliphatic carbocycles. The van der Waals surface area contributed by atoms with E-state index in [1.165, 1.54) is 0 Å². The van der Waals surface area contributed by atoms with Gasteiger partial charge in [0.1, 0.15) is 5.69 Å². The average molecular weight is 258 g/mol. The summed E-state index contributed by atoms with van der Waals surface area (Å²) in [5.41, 5.74) is 1.97. The van der Waals surface area contributed by atoms with Crippen molar-refractivity contribution in [3.63, 3.8) is 0 Å². The third kappa shape index (κ3) is 2.26. The third-order valence-electron chi connectivity index (χ3n) is 3.72. The van der Waals surface area contributed by atoms with E-state index in [0.29, 0.717) is 17.6 Å². The Kier molecular flexibility index (Phi) is 3.29. The molecule has 0 aromatic carbocycles. The van der Waals surface area contributed by atoms with E-state index in [4.69, 9.17) is 4.52 Å². The van der Waals surface area contributed by atoms with Crippen LogP contribution in [0.15, 0.2) is 22.9 Å². The van der Waals surface area contributed by atoms with Crippen molar-refractivity contribution in [1.29, 1.82) is 0 Å². The van der Waals surface area contributed by atoms with E-state index < -0.39 is 0 Å². The fraction of sp³-hybridized carbons (Fsp3) is 0.500. The standard InChI is InChI=1S/C14H18N4O/c1-3-10-5-4-7-15-12(10)13-17-14(19-18-13)11-9(2)6-8-16-11/h4-5,7,9,11,16H,3,6,8H2,1-2H3. The number of hydrogen-bond acceptors (Lipinski definition) is 5. The molecule has 19 heavy (non-hydrogen) atoms. The van der Waals surface area contributed by atoms with Gasteiger partial charge in [0.15, 0.2) is 0 Å². The summed E-state index contributed by atoms with van der Waals surface area (Å²) in [4.78, 5) is 8.89. The molecule has 5 heteroatoms. The summed E-state index contributed by atoms with van der Waals surface area (Å²) in [6.07, 6.45) is 3.82. The van der Waals surface area contributed by atoms with Crippen LogP contribution in [0.3, 0.4) is 0 Å². The molecule has 2 atom stereocenters. The van der Waals surface area contributed by atoms with Crippen LogP contribution < -0.4 is 5.32 Å². The third-order valence-corrected chi connectivity index (χ3v) is 3.72. The highest BCUT2D eigenvalue weighted by Crippen LogP contribution is 2.29. The molecule has 1 fully saturated rings. The number of aromatic nitrogens is 3. The number of hydrogen-bond donors (Lipinski definition) is 1. The second-order valence-electron chi connectivity index (χ2n) is 5.02. The van der Waals surface area contributed by atoms with Gasteiger partial charge >= 0.3 is 0 Å². The quantitative estimate of drug-likeness (QED) is 0.915. The van der Waals surface area contributed by atoms with Gasteiger partial charge in [-0.3, -0.25) is 4.98 Å². The zero-order valence-electron chi connectivity index (χ0n) is 11.3. The molecule has 3 rings (SSSR count). The summed E-state index contributed by atoms with van der Waals surface area (Å²) in [5, 5.41) is 7.48. The maximum atomic E-state index is 5.41. The van der Waals surface area contributed by atoms with Gasteiger partial charge in [0.05, 0.1) is 6.04 Å². The van der Waals surface area contributed by atoms with Crippen molar-refractivity contribution < 1.29 is 4.52 Å². The summed E-state index contributed by atoms with van der Waals surface area (Å²) in [5.74, 6) is 1.80. The van der Waals surface area contributed by atoms with Crippen molar-refractivity contribution in [2.24, 2.45) is 5.92 Å². The molecule has 0 bridgehead atoms. The molecule has 1 aliphatic rings. The number of rotatable bonds is 3. The first-order chi connectivity index (χ1) is 9.29. The molecular formula is C14H18N4O. The average Bonchev–Trinajstić information content (AvgIpc) is 3.07. The summed E-state index contributed by atoms with van der Waals surface area (Å²) >= 11 is 0. The van der Waals surface area contributed by atoms with Crippen LogP contribution in [0.4, 0.5) is 0 Å². The zero-order chi connectivity index (χ0) is 13.2. The lowest BCUT2D eigenvalue weighted by molar-refractivity contribution is 0.319. The van der Waals surface area contributed by atoms with Crippen molar-refractivity contribution in [2.45, 2.75) is 32.7 Å². The lowest BCUT2D eigenvalue weighted by Gasteiger charge is -2.09. The fourth-order valence-electron chi connectivity index (χ4n) is 2.55. The molecule has 0 spiro atoms. The predicted octanol–water partition coefficient (Wildman–Crippen LogP) is 2.36. The van der Waals surface area contributed by atoms with E-state index in [2.05, 4.69) is 40.4 Å². The Morgan fingerprint density at radius 1 is 1.47 bits per heavy atom. The van der Waals surface area contributed by atoms with Gasteiger partial charge in [0, 0.05) is 6.20 Å². The Morgan fingerprint density at radius 3 is 3.11 bits per heavy atom. The minimum atomic E-state index is 0.176. The van der Waals surface area contributed by atoms with Gasteiger partial charge < -0.3 is 9.84 Å². The Balaban J connectivity index is 1.92. The maximum Gasteiger partial charge on any atom is 0.244 e. The Hall–Kier alpha value is -1.75. The maximum absolute atomic E-state index is 5.41. The summed E-state index contributed by atoms with van der Waals surface area (Å²) in [6, 6.07) is 4.16. The molecular weight excluding hydrogens is 240 g/mol. The van der Waals surface area contributed by atoms with E-state index in [1.54, 1.807) is 6.20 Å². The normalized spacial score (nSPS) is 22.8. The summed E-state index contributed by atoms with van der Waals surface area (Å²) in [7, 11) is 0. The van der Waals surface area contributed by atoms with E-state index >= 15 is 0 Å². The largest absolute Gasteiger partial charge is 0.337 e. The molecule has 1 aliphatic heterocycles. The predicted molar refractivity (Wildman–Crippen MR) is 71.4 cm³/mol. The number of pyridine rings is 1. The van der Waals surface area contributed by atoms with Gasteiger partial charge in [-0.25, -0.2) is 0 Å². The molecule has 0 amide bonds. The smallest absolute Gasteiger partial charge is 0.244 e. The minimum absolute atomic E-state index is 0.176. The molecule has 1 N–H and O–H groups in total. The van der Waals surface area contributed by atoms with E-state index in [0.717, 1.165) is 30.6 Å². The van der Waals surface area contributed by atoms with E-state index in [-0.39, 0.29) is 6.04 Å². The highest BCUT2D eigenvalue weighted by molar-refractivity contribution is 5.53. The SMILES string of the molecule is CCc1cccnc1-c1noc(C2NCCC2C)n1. The molecule has 100 valence electrons. The van der Waals surface area contributed by atoms with Crippen molar-refractivity contribution in [2.75, 3.05) is 6.54 Å². The van der Waals surface area contributed by atoms with Crippen LogP contribution in [0.5, 0.6) is 0 Å². The topological polar surface area (TPSA) is 63.8 Å². The first kappa shape index (κ1) is 12.3.